The summed E-state index contributed by atoms with van der Waals surface area (Å²) in [5.41, 5.74) is 0. The normalized spacial score (nSPS) is 51.8. The second kappa shape index (κ2) is 10.8. The van der Waals surface area contributed by atoms with Gasteiger partial charge in [-0.1, -0.05) is 0 Å². The molecule has 200 valence electrons. The van der Waals surface area contributed by atoms with E-state index in [0.29, 0.717) is 0 Å². The summed E-state index contributed by atoms with van der Waals surface area (Å²) in [5.74, 6) is -4.64. The number of ether oxygens (including phenoxy) is 5. The van der Waals surface area contributed by atoms with Crippen molar-refractivity contribution >= 4 is 0 Å². The predicted octanol–water partition coefficient (Wildman–Crippen LogP) is -7.57. The topological polar surface area (TPSA) is 269 Å². The van der Waals surface area contributed by atoms with Crippen molar-refractivity contribution in [3.63, 3.8) is 0 Å². The van der Waals surface area contributed by atoms with Crippen molar-refractivity contribution in [2.24, 2.45) is 0 Å². The van der Waals surface area contributed by atoms with Gasteiger partial charge < -0.3 is 79.9 Å². The summed E-state index contributed by atoms with van der Waals surface area (Å²) in [7, 11) is 0. The molecule has 3 aliphatic rings. The first-order valence-corrected chi connectivity index (χ1v) is 10.5. The van der Waals surface area contributed by atoms with E-state index >= 15 is 0 Å². The summed E-state index contributed by atoms with van der Waals surface area (Å²) < 4.78 is 26.6. The quantitative estimate of drug-likeness (QED) is 0.139. The van der Waals surface area contributed by atoms with Crippen molar-refractivity contribution in [3.8, 4) is 0 Å². The lowest BCUT2D eigenvalue weighted by molar-refractivity contribution is -0.385. The highest BCUT2D eigenvalue weighted by molar-refractivity contribution is 5.00. The van der Waals surface area contributed by atoms with Crippen molar-refractivity contribution in [2.45, 2.75) is 78.9 Å². The Morgan fingerprint density at radius 1 is 0.588 bits per heavy atom. The van der Waals surface area contributed by atoms with Crippen LogP contribution in [0, 0.1) is 0 Å². The molecule has 16 nitrogen and oxygen atoms in total. The maximum absolute atomic E-state index is 10.5. The molecule has 0 aromatic carbocycles. The zero-order valence-electron chi connectivity index (χ0n) is 17.8. The van der Waals surface area contributed by atoms with E-state index in [1.807, 2.05) is 0 Å². The molecule has 3 saturated heterocycles. The molecule has 0 bridgehead atoms. The Hall–Kier alpha value is -0.640. The van der Waals surface area contributed by atoms with Crippen LogP contribution in [0.3, 0.4) is 0 Å². The summed E-state index contributed by atoms with van der Waals surface area (Å²) in [6, 6.07) is 0. The summed E-state index contributed by atoms with van der Waals surface area (Å²) in [5, 5.41) is 109. The lowest BCUT2D eigenvalue weighted by atomic mass is 9.99. The van der Waals surface area contributed by atoms with E-state index in [1.165, 1.54) is 0 Å². The number of rotatable bonds is 9. The molecule has 16 heteroatoms. The van der Waals surface area contributed by atoms with Crippen LogP contribution in [0.5, 0.6) is 0 Å². The zero-order chi connectivity index (χ0) is 25.4. The van der Waals surface area contributed by atoms with Crippen LogP contribution in [0.4, 0.5) is 0 Å². The number of aliphatic hydroxyl groups is 11. The van der Waals surface area contributed by atoms with E-state index in [-0.39, 0.29) is 0 Å². The van der Waals surface area contributed by atoms with Gasteiger partial charge in [0.2, 0.25) is 11.6 Å². The van der Waals surface area contributed by atoms with Crippen molar-refractivity contribution in [2.75, 3.05) is 33.0 Å². The van der Waals surface area contributed by atoms with Gasteiger partial charge in [-0.05, 0) is 0 Å². The lowest BCUT2D eigenvalue weighted by Gasteiger charge is -2.43. The van der Waals surface area contributed by atoms with Crippen LogP contribution in [-0.4, -0.2) is 168 Å². The van der Waals surface area contributed by atoms with Gasteiger partial charge in [-0.3, -0.25) is 0 Å². The molecule has 3 aliphatic heterocycles. The van der Waals surface area contributed by atoms with Gasteiger partial charge in [-0.2, -0.15) is 0 Å². The molecule has 0 aromatic rings. The minimum absolute atomic E-state index is 0.694. The first-order valence-electron chi connectivity index (χ1n) is 10.5. The molecule has 0 saturated carbocycles. The SMILES string of the molecule is OCC1O[C@@H](O[C@]2(CO)O[C@H](CO[C@]3(CO)O[C@H](CO)[C@H](O)C3O)[C@H](O)C2O)C(O)[C@H](O)[C@@H]1O. The monoisotopic (exact) mass is 504 g/mol. The largest absolute Gasteiger partial charge is 0.394 e. The molecule has 0 aromatic heterocycles. The fraction of sp³-hybridized carbons (Fsp3) is 1.00. The summed E-state index contributed by atoms with van der Waals surface area (Å²) in [6.45, 7) is -4.25. The highest BCUT2D eigenvalue weighted by atomic mass is 16.8. The van der Waals surface area contributed by atoms with E-state index in [4.69, 9.17) is 23.7 Å². The third-order valence-corrected chi connectivity index (χ3v) is 6.29. The molecule has 0 radical (unpaired) electrons. The molecule has 11 N–H and O–H groups in total. The van der Waals surface area contributed by atoms with Crippen molar-refractivity contribution < 1.29 is 79.9 Å². The molecule has 4 unspecified atom stereocenters. The molecule has 0 spiro atoms. The third-order valence-electron chi connectivity index (χ3n) is 6.29. The molecule has 3 fully saturated rings. The molecule has 34 heavy (non-hydrogen) atoms. The molecule has 0 aliphatic carbocycles. The van der Waals surface area contributed by atoms with Crippen LogP contribution in [0.15, 0.2) is 0 Å². The fourth-order valence-corrected chi connectivity index (χ4v) is 4.14. The second-order valence-electron chi connectivity index (χ2n) is 8.43. The van der Waals surface area contributed by atoms with Crippen molar-refractivity contribution in [1.82, 2.24) is 0 Å². The number of hydrogen-bond acceptors (Lipinski definition) is 16. The van der Waals surface area contributed by atoms with Gasteiger partial charge in [-0.25, -0.2) is 0 Å². The Morgan fingerprint density at radius 3 is 1.65 bits per heavy atom. The fourth-order valence-electron chi connectivity index (χ4n) is 4.14. The van der Waals surface area contributed by atoms with Crippen molar-refractivity contribution in [1.29, 1.82) is 0 Å². The Balaban J connectivity index is 1.72. The van der Waals surface area contributed by atoms with Crippen LogP contribution in [0.25, 0.3) is 0 Å². The van der Waals surface area contributed by atoms with Gasteiger partial charge in [0.05, 0.1) is 19.8 Å². The van der Waals surface area contributed by atoms with Crippen LogP contribution in [0.1, 0.15) is 0 Å². The van der Waals surface area contributed by atoms with Crippen LogP contribution >= 0.6 is 0 Å². The van der Waals surface area contributed by atoms with Gasteiger partial charge in [0.1, 0.15) is 74.3 Å². The van der Waals surface area contributed by atoms with Gasteiger partial charge in [0.25, 0.3) is 0 Å². The van der Waals surface area contributed by atoms with Crippen LogP contribution < -0.4 is 0 Å². The summed E-state index contributed by atoms with van der Waals surface area (Å²) >= 11 is 0. The van der Waals surface area contributed by atoms with Gasteiger partial charge in [-0.15, -0.1) is 0 Å². The Morgan fingerprint density at radius 2 is 1.12 bits per heavy atom. The van der Waals surface area contributed by atoms with E-state index in [2.05, 4.69) is 0 Å². The maximum atomic E-state index is 10.5. The number of aliphatic hydroxyl groups excluding tert-OH is 11. The Labute approximate surface area is 192 Å². The van der Waals surface area contributed by atoms with Crippen LogP contribution in [-0.2, 0) is 23.7 Å². The van der Waals surface area contributed by atoms with E-state index in [0.717, 1.165) is 0 Å². The Kier molecular flexibility index (Phi) is 8.85. The smallest absolute Gasteiger partial charge is 0.224 e. The first-order chi connectivity index (χ1) is 16.0. The molecule has 0 amide bonds. The summed E-state index contributed by atoms with van der Waals surface area (Å²) in [6.07, 6.45) is -18.6. The predicted molar refractivity (Wildman–Crippen MR) is 101 cm³/mol. The van der Waals surface area contributed by atoms with Crippen molar-refractivity contribution in [3.05, 3.63) is 0 Å². The maximum Gasteiger partial charge on any atom is 0.224 e. The average Bonchev–Trinajstić information content (AvgIpc) is 3.23. The first kappa shape index (κ1) is 27.9. The number of hydrogen-bond donors (Lipinski definition) is 11. The highest BCUT2D eigenvalue weighted by Gasteiger charge is 2.60. The zero-order valence-corrected chi connectivity index (χ0v) is 17.8. The van der Waals surface area contributed by atoms with Gasteiger partial charge >= 0.3 is 0 Å². The minimum atomic E-state index is -2.43. The molecular weight excluding hydrogens is 472 g/mol. The lowest BCUT2D eigenvalue weighted by Crippen LogP contribution is -2.62. The Bertz CT molecular complexity index is 668. The third kappa shape index (κ3) is 4.71. The van der Waals surface area contributed by atoms with Gasteiger partial charge in [0, 0.05) is 0 Å². The van der Waals surface area contributed by atoms with E-state index < -0.39 is 112 Å². The average molecular weight is 504 g/mol. The summed E-state index contributed by atoms with van der Waals surface area (Å²) in [4.78, 5) is 0. The van der Waals surface area contributed by atoms with Gasteiger partial charge in [0.15, 0.2) is 6.29 Å². The van der Waals surface area contributed by atoms with Crippen LogP contribution in [0.2, 0.25) is 0 Å². The standard InChI is InChI=1S/C18H32O16/c19-1-6-9(23)12(26)13(27)16(31-6)34-18(5-22)15(29)11(25)8(33-18)3-30-17(4-21)14(28)10(24)7(2-20)32-17/h6-16,19-29H,1-5H2/t6?,7-,8-,9-,10+,11+,12-,13?,14?,15?,16+,17-,18+/m1/s1. The molecule has 3 rings (SSSR count). The minimum Gasteiger partial charge on any atom is -0.394 e. The molecular formula is C18H32O16. The van der Waals surface area contributed by atoms with E-state index in [1.54, 1.807) is 0 Å². The second-order valence-corrected chi connectivity index (χ2v) is 8.43. The molecule has 3 heterocycles. The highest BCUT2D eigenvalue weighted by Crippen LogP contribution is 2.38. The molecule has 13 atom stereocenters. The van der Waals surface area contributed by atoms with E-state index in [9.17, 15) is 56.2 Å².